The summed E-state index contributed by atoms with van der Waals surface area (Å²) < 4.78 is 0. The van der Waals surface area contributed by atoms with Gasteiger partial charge < -0.3 is 51.9 Å². The van der Waals surface area contributed by atoms with Crippen molar-refractivity contribution in [2.75, 3.05) is 109 Å². The summed E-state index contributed by atoms with van der Waals surface area (Å²) in [6.07, 6.45) is 1.72. The largest absolute Gasteiger partial charge is 0.480 e. The Kier molecular flexibility index (Phi) is 23.2. The smallest absolute Gasteiger partial charge is 0.326 e. The number of carboxylic acid groups (broad SMARTS) is 4. The van der Waals surface area contributed by atoms with Crippen molar-refractivity contribution in [2.45, 2.75) is 57.3 Å². The molecule has 2 aliphatic heterocycles. The van der Waals surface area contributed by atoms with E-state index in [1.807, 2.05) is 0 Å². The zero-order valence-electron chi connectivity index (χ0n) is 45.0. The Hall–Kier alpha value is -9.00. The van der Waals surface area contributed by atoms with Crippen molar-refractivity contribution in [3.63, 3.8) is 0 Å². The highest BCUT2D eigenvalue weighted by molar-refractivity contribution is 6.00. The molecule has 0 bridgehead atoms. The van der Waals surface area contributed by atoms with E-state index in [-0.39, 0.29) is 140 Å². The monoisotopic (exact) mass is 1140 g/mol. The molecule has 30 heteroatoms. The van der Waals surface area contributed by atoms with E-state index in [9.17, 15) is 73.2 Å². The van der Waals surface area contributed by atoms with E-state index in [0.717, 1.165) is 0 Å². The molecule has 2 fully saturated rings. The molecule has 2 saturated heterocycles. The minimum Gasteiger partial charge on any atom is -0.480 e. The van der Waals surface area contributed by atoms with Crippen molar-refractivity contribution in [3.05, 3.63) is 88.0 Å². The predicted molar refractivity (Wildman–Crippen MR) is 291 cm³/mol. The van der Waals surface area contributed by atoms with Crippen molar-refractivity contribution in [1.82, 2.24) is 65.7 Å². The molecule has 440 valence electrons. The number of H-pyrrole nitrogens is 1. The Morgan fingerprint density at radius 3 is 1.76 bits per heavy atom. The third-order valence-corrected chi connectivity index (χ3v) is 13.3. The van der Waals surface area contributed by atoms with Gasteiger partial charge in [0.05, 0.1) is 44.6 Å². The summed E-state index contributed by atoms with van der Waals surface area (Å²) >= 11 is 0. The van der Waals surface area contributed by atoms with Gasteiger partial charge in [0.15, 0.2) is 11.2 Å². The summed E-state index contributed by atoms with van der Waals surface area (Å²) in [5.41, 5.74) is 0.483. The first-order valence-electron chi connectivity index (χ1n) is 26.4. The molecule has 2 aromatic heterocycles. The van der Waals surface area contributed by atoms with Gasteiger partial charge in [-0.3, -0.25) is 77.8 Å². The highest BCUT2D eigenvalue weighted by Crippen LogP contribution is 2.20. The molecule has 82 heavy (non-hydrogen) atoms. The number of carboxylic acids is 4. The molecular formula is C52H67N15O15. The number of carbonyl (C=O) groups excluding carboxylic acids is 6. The number of amides is 6. The number of likely N-dealkylation sites (tertiary alicyclic amines) is 1. The lowest BCUT2D eigenvalue weighted by molar-refractivity contribution is -0.140. The summed E-state index contributed by atoms with van der Waals surface area (Å²) in [5, 5.41) is 54.2. The summed E-state index contributed by atoms with van der Waals surface area (Å²) in [5.74, 6) is -7.97. The lowest BCUT2D eigenvalue weighted by Crippen LogP contribution is -2.51. The average Bonchev–Trinajstić information content (AvgIpc) is 4.01. The zero-order chi connectivity index (χ0) is 59.3. The Balaban J connectivity index is 0.916. The predicted octanol–water partition coefficient (Wildman–Crippen LogP) is -2.26. The van der Waals surface area contributed by atoms with Crippen LogP contribution in [-0.4, -0.2) is 240 Å². The molecular weight excluding hydrogens is 1070 g/mol. The van der Waals surface area contributed by atoms with E-state index in [4.69, 9.17) is 0 Å². The van der Waals surface area contributed by atoms with E-state index in [0.29, 0.717) is 29.8 Å². The van der Waals surface area contributed by atoms with Crippen molar-refractivity contribution in [3.8, 4) is 0 Å². The maximum absolute atomic E-state index is 13.4. The standard InChI is InChI=1S/C52H67N15O15/c1-32(57-46(76)33-6-3-2-4-7-33)50(80)67-17-5-8-38(67)48(78)61-52-60-45-44(49(79)62-52)58-36(27-56-45)26-55-35-11-9-34(10-12-35)47(77)59-37(51(81)82)13-14-39(68)53-15-16-54-40(69)28-63-18-20-64(29-41(70)71)22-24-66(31-43(74)75)25-23-65(21-19-63)30-42(72)73/h2-4,6-7,9-12,27,32,37-38,55H,5,8,13-26,28-31H2,1H3,(H,53,68)(H,54,69)(H,57,76)(H,59,77)(H,70,71)(H,72,73)(H,74,75)(H,81,82)(H2,56,60,61,62,78,79)/t32-,37+,38+/m1/s1. The number of nitrogens with one attached hydrogen (secondary N) is 7. The maximum Gasteiger partial charge on any atom is 0.326 e. The number of anilines is 2. The van der Waals surface area contributed by atoms with Crippen molar-refractivity contribution in [1.29, 1.82) is 0 Å². The van der Waals surface area contributed by atoms with Crippen molar-refractivity contribution < 1.29 is 68.4 Å². The van der Waals surface area contributed by atoms with Gasteiger partial charge in [0.2, 0.25) is 29.6 Å². The second-order valence-electron chi connectivity index (χ2n) is 19.5. The van der Waals surface area contributed by atoms with Crippen molar-refractivity contribution >= 4 is 82.1 Å². The molecule has 0 spiro atoms. The van der Waals surface area contributed by atoms with Gasteiger partial charge in [-0.25, -0.2) is 14.8 Å². The van der Waals surface area contributed by atoms with Crippen LogP contribution < -0.4 is 37.5 Å². The van der Waals surface area contributed by atoms with Crippen LogP contribution in [0.4, 0.5) is 11.6 Å². The van der Waals surface area contributed by atoms with Crippen LogP contribution in [-0.2, 0) is 44.9 Å². The topological polar surface area (TPSA) is 412 Å². The quantitative estimate of drug-likeness (QED) is 0.0312. The molecule has 0 aliphatic carbocycles. The Morgan fingerprint density at radius 1 is 0.659 bits per heavy atom. The molecule has 0 radical (unpaired) electrons. The van der Waals surface area contributed by atoms with Crippen LogP contribution in [0.2, 0.25) is 0 Å². The van der Waals surface area contributed by atoms with Gasteiger partial charge in [-0.1, -0.05) is 18.2 Å². The summed E-state index contributed by atoms with van der Waals surface area (Å²) in [6, 6.07) is 11.2. The van der Waals surface area contributed by atoms with Gasteiger partial charge in [0.25, 0.3) is 17.4 Å². The summed E-state index contributed by atoms with van der Waals surface area (Å²) in [6.45, 7) is 2.61. The second kappa shape index (κ2) is 30.5. The first kappa shape index (κ1) is 62.2. The van der Waals surface area contributed by atoms with Gasteiger partial charge >= 0.3 is 23.9 Å². The summed E-state index contributed by atoms with van der Waals surface area (Å²) in [4.78, 5) is 161. The maximum atomic E-state index is 13.4. The number of aliphatic carboxylic acids is 4. The number of rotatable bonds is 25. The Bertz CT molecular complexity index is 2970. The van der Waals surface area contributed by atoms with Gasteiger partial charge in [0, 0.05) is 95.2 Å². The van der Waals surface area contributed by atoms with Crippen LogP contribution in [0, 0.1) is 0 Å². The lowest BCUT2D eigenvalue weighted by Gasteiger charge is -2.32. The number of carbonyl (C=O) groups is 10. The molecule has 4 heterocycles. The van der Waals surface area contributed by atoms with Crippen LogP contribution in [0.15, 0.2) is 65.6 Å². The first-order chi connectivity index (χ1) is 39.2. The van der Waals surface area contributed by atoms with E-state index < -0.39 is 83.0 Å². The van der Waals surface area contributed by atoms with Gasteiger partial charge in [0.1, 0.15) is 18.1 Å². The fraction of sp³-hybridized carbons (Fsp3) is 0.462. The fourth-order valence-corrected chi connectivity index (χ4v) is 9.02. The first-order valence-corrected chi connectivity index (χ1v) is 26.4. The molecule has 6 rings (SSSR count). The molecule has 4 aromatic rings. The number of hydrogen-bond donors (Lipinski definition) is 11. The normalized spacial score (nSPS) is 16.5. The molecule has 0 unspecified atom stereocenters. The Labute approximate surface area is 469 Å². The number of fused-ring (bicyclic) bond motifs is 1. The number of nitrogens with zero attached hydrogens (tertiary/aromatic N) is 8. The average molecular weight is 1140 g/mol. The number of aromatic nitrogens is 4. The third-order valence-electron chi connectivity index (χ3n) is 13.3. The molecule has 3 atom stereocenters. The SMILES string of the molecule is C[C@@H](NC(=O)c1ccccc1)C(=O)N1CCC[C@H]1C(=O)Nc1nc2ncc(CNc3ccc(C(=O)N[C@@H](CCC(=O)NCCNC(=O)CN4CCN(CC(=O)O)CCN(CC(=O)O)CCN(CC(=O)O)CC4)C(=O)O)cc3)nc2c(=O)[nH]1. The summed E-state index contributed by atoms with van der Waals surface area (Å²) in [7, 11) is 0. The highest BCUT2D eigenvalue weighted by atomic mass is 16.4. The Morgan fingerprint density at radius 2 is 1.20 bits per heavy atom. The second-order valence-corrected chi connectivity index (χ2v) is 19.5. The van der Waals surface area contributed by atoms with E-state index >= 15 is 0 Å². The molecule has 30 nitrogen and oxygen atoms in total. The molecule has 2 aliphatic rings. The van der Waals surface area contributed by atoms with E-state index in [1.165, 1.54) is 30.2 Å². The van der Waals surface area contributed by atoms with Gasteiger partial charge in [-0.2, -0.15) is 4.98 Å². The molecule has 0 saturated carbocycles. The molecule has 6 amide bonds. The van der Waals surface area contributed by atoms with Crippen molar-refractivity contribution in [2.24, 2.45) is 0 Å². The van der Waals surface area contributed by atoms with Crippen LogP contribution >= 0.6 is 0 Å². The van der Waals surface area contributed by atoms with Crippen LogP contribution in [0.25, 0.3) is 11.2 Å². The van der Waals surface area contributed by atoms with Crippen LogP contribution in [0.3, 0.4) is 0 Å². The lowest BCUT2D eigenvalue weighted by atomic mass is 10.1. The number of hydrogen-bond acceptors (Lipinski definition) is 19. The number of benzene rings is 2. The fourth-order valence-electron chi connectivity index (χ4n) is 9.02. The number of aromatic amines is 1. The van der Waals surface area contributed by atoms with Gasteiger partial charge in [-0.15, -0.1) is 0 Å². The highest BCUT2D eigenvalue weighted by Gasteiger charge is 2.37. The molecule has 2 aromatic carbocycles. The molecule has 11 N–H and O–H groups in total. The van der Waals surface area contributed by atoms with E-state index in [1.54, 1.807) is 62.1 Å². The van der Waals surface area contributed by atoms with Crippen LogP contribution in [0.5, 0.6) is 0 Å². The minimum atomic E-state index is -1.43. The third kappa shape index (κ3) is 19.7. The van der Waals surface area contributed by atoms with E-state index in [2.05, 4.69) is 51.8 Å². The zero-order valence-corrected chi connectivity index (χ0v) is 45.0. The van der Waals surface area contributed by atoms with Gasteiger partial charge in [-0.05, 0) is 62.6 Å². The minimum absolute atomic E-state index is 0.00261. The van der Waals surface area contributed by atoms with Crippen LogP contribution in [0.1, 0.15) is 59.0 Å².